The van der Waals surface area contributed by atoms with Gasteiger partial charge in [-0.25, -0.2) is 0 Å². The summed E-state index contributed by atoms with van der Waals surface area (Å²) in [7, 11) is 3.90. The Labute approximate surface area is 121 Å². The molecule has 0 fully saturated rings. The SMILES string of the molecule is CNc1ccc(CNc2ccc(NC)c(C)c2)cc1C. The molecule has 0 unspecified atom stereocenters. The second-order valence-corrected chi connectivity index (χ2v) is 5.03. The molecular weight excluding hydrogens is 246 g/mol. The average molecular weight is 269 g/mol. The van der Waals surface area contributed by atoms with Crippen molar-refractivity contribution in [3.05, 3.63) is 53.1 Å². The molecule has 2 aromatic rings. The largest absolute Gasteiger partial charge is 0.388 e. The fourth-order valence-corrected chi connectivity index (χ4v) is 2.37. The molecule has 2 rings (SSSR count). The van der Waals surface area contributed by atoms with Crippen LogP contribution >= 0.6 is 0 Å². The maximum atomic E-state index is 3.47. The molecule has 0 aromatic heterocycles. The van der Waals surface area contributed by atoms with Crippen molar-refractivity contribution >= 4 is 17.1 Å². The van der Waals surface area contributed by atoms with Gasteiger partial charge in [-0.1, -0.05) is 12.1 Å². The molecule has 106 valence electrons. The van der Waals surface area contributed by atoms with Crippen LogP contribution in [0.15, 0.2) is 36.4 Å². The van der Waals surface area contributed by atoms with Crippen LogP contribution in [-0.4, -0.2) is 14.1 Å². The predicted molar refractivity (Wildman–Crippen MR) is 88.8 cm³/mol. The maximum Gasteiger partial charge on any atom is 0.0400 e. The molecule has 0 bridgehead atoms. The van der Waals surface area contributed by atoms with E-state index >= 15 is 0 Å². The molecule has 0 radical (unpaired) electrons. The third-order valence-electron chi connectivity index (χ3n) is 3.55. The molecule has 0 amide bonds. The fraction of sp³-hybridized carbons (Fsp3) is 0.294. The number of benzene rings is 2. The molecule has 0 saturated heterocycles. The van der Waals surface area contributed by atoms with Gasteiger partial charge in [0.25, 0.3) is 0 Å². The van der Waals surface area contributed by atoms with E-state index in [1.54, 1.807) is 0 Å². The Bertz CT molecular complexity index is 537. The molecule has 2 aromatic carbocycles. The second kappa shape index (κ2) is 6.33. The van der Waals surface area contributed by atoms with Crippen molar-refractivity contribution in [2.24, 2.45) is 0 Å². The highest BCUT2D eigenvalue weighted by Crippen LogP contribution is 2.20. The first kappa shape index (κ1) is 14.3. The third-order valence-corrected chi connectivity index (χ3v) is 3.55. The van der Waals surface area contributed by atoms with E-state index in [0.29, 0.717) is 0 Å². The van der Waals surface area contributed by atoms with Crippen LogP contribution in [0.1, 0.15) is 16.7 Å². The maximum absolute atomic E-state index is 3.47. The summed E-state index contributed by atoms with van der Waals surface area (Å²) in [6.07, 6.45) is 0. The van der Waals surface area contributed by atoms with Gasteiger partial charge in [0.05, 0.1) is 0 Å². The first-order valence-electron chi connectivity index (χ1n) is 6.93. The second-order valence-electron chi connectivity index (χ2n) is 5.03. The highest BCUT2D eigenvalue weighted by molar-refractivity contribution is 5.59. The Morgan fingerprint density at radius 3 is 1.95 bits per heavy atom. The van der Waals surface area contributed by atoms with Crippen LogP contribution in [0, 0.1) is 13.8 Å². The molecule has 0 aliphatic heterocycles. The molecule has 3 heteroatoms. The van der Waals surface area contributed by atoms with Gasteiger partial charge in [0, 0.05) is 37.7 Å². The van der Waals surface area contributed by atoms with Crippen LogP contribution in [0.3, 0.4) is 0 Å². The minimum atomic E-state index is 0.836. The zero-order chi connectivity index (χ0) is 14.5. The lowest BCUT2D eigenvalue weighted by atomic mass is 10.1. The standard InChI is InChI=1S/C17H23N3/c1-12-9-14(5-7-16(12)18-3)11-20-15-6-8-17(19-4)13(2)10-15/h5-10,18-20H,11H2,1-4H3. The van der Waals surface area contributed by atoms with Crippen molar-refractivity contribution < 1.29 is 0 Å². The predicted octanol–water partition coefficient (Wildman–Crippen LogP) is 4.00. The van der Waals surface area contributed by atoms with E-state index in [9.17, 15) is 0 Å². The smallest absolute Gasteiger partial charge is 0.0400 e. The summed E-state index contributed by atoms with van der Waals surface area (Å²) < 4.78 is 0. The zero-order valence-corrected chi connectivity index (χ0v) is 12.7. The lowest BCUT2D eigenvalue weighted by molar-refractivity contribution is 1.14. The van der Waals surface area contributed by atoms with Gasteiger partial charge < -0.3 is 16.0 Å². The molecule has 0 heterocycles. The lowest BCUT2D eigenvalue weighted by Crippen LogP contribution is -2.01. The number of nitrogens with one attached hydrogen (secondary N) is 3. The van der Waals surface area contributed by atoms with Crippen LogP contribution in [0.2, 0.25) is 0 Å². The highest BCUT2D eigenvalue weighted by atomic mass is 14.9. The van der Waals surface area contributed by atoms with Gasteiger partial charge in [0.15, 0.2) is 0 Å². The van der Waals surface area contributed by atoms with E-state index < -0.39 is 0 Å². The molecule has 3 nitrogen and oxygen atoms in total. The van der Waals surface area contributed by atoms with Crippen molar-refractivity contribution in [3.8, 4) is 0 Å². The van der Waals surface area contributed by atoms with Gasteiger partial charge in [-0.15, -0.1) is 0 Å². The molecule has 0 spiro atoms. The first-order valence-corrected chi connectivity index (χ1v) is 6.93. The van der Waals surface area contributed by atoms with E-state index in [4.69, 9.17) is 0 Å². The molecule has 0 aliphatic rings. The van der Waals surface area contributed by atoms with Gasteiger partial charge in [0.1, 0.15) is 0 Å². The summed E-state index contributed by atoms with van der Waals surface area (Å²) in [6.45, 7) is 5.08. The van der Waals surface area contributed by atoms with Gasteiger partial charge in [-0.2, -0.15) is 0 Å². The Hall–Kier alpha value is -2.16. The zero-order valence-electron chi connectivity index (χ0n) is 12.7. The van der Waals surface area contributed by atoms with Crippen LogP contribution in [0.4, 0.5) is 17.1 Å². The van der Waals surface area contributed by atoms with E-state index in [-0.39, 0.29) is 0 Å². The molecular formula is C17H23N3. The summed E-state index contributed by atoms with van der Waals surface area (Å²) in [5.74, 6) is 0. The summed E-state index contributed by atoms with van der Waals surface area (Å²) >= 11 is 0. The molecule has 3 N–H and O–H groups in total. The van der Waals surface area contributed by atoms with E-state index in [0.717, 1.165) is 12.2 Å². The van der Waals surface area contributed by atoms with Gasteiger partial charge in [-0.05, 0) is 54.8 Å². The van der Waals surface area contributed by atoms with Gasteiger partial charge in [-0.3, -0.25) is 0 Å². The van der Waals surface area contributed by atoms with Crippen LogP contribution < -0.4 is 16.0 Å². The van der Waals surface area contributed by atoms with Crippen LogP contribution in [0.25, 0.3) is 0 Å². The number of hydrogen-bond acceptors (Lipinski definition) is 3. The van der Waals surface area contributed by atoms with Crippen LogP contribution in [-0.2, 0) is 6.54 Å². The average Bonchev–Trinajstić information content (AvgIpc) is 2.45. The Morgan fingerprint density at radius 1 is 0.800 bits per heavy atom. The minimum Gasteiger partial charge on any atom is -0.388 e. The number of aryl methyl sites for hydroxylation is 2. The van der Waals surface area contributed by atoms with Crippen molar-refractivity contribution in [1.82, 2.24) is 0 Å². The summed E-state index contributed by atoms with van der Waals surface area (Å²) in [6, 6.07) is 12.9. The number of hydrogen-bond donors (Lipinski definition) is 3. The molecule has 0 saturated carbocycles. The van der Waals surface area contributed by atoms with E-state index in [2.05, 4.69) is 66.2 Å². The van der Waals surface area contributed by atoms with Crippen molar-refractivity contribution in [2.45, 2.75) is 20.4 Å². The number of rotatable bonds is 5. The topological polar surface area (TPSA) is 36.1 Å². The van der Waals surface area contributed by atoms with Gasteiger partial charge >= 0.3 is 0 Å². The summed E-state index contributed by atoms with van der Waals surface area (Å²) in [4.78, 5) is 0. The van der Waals surface area contributed by atoms with Crippen LogP contribution in [0.5, 0.6) is 0 Å². The van der Waals surface area contributed by atoms with Crippen molar-refractivity contribution in [1.29, 1.82) is 0 Å². The highest BCUT2D eigenvalue weighted by Gasteiger charge is 2.01. The third kappa shape index (κ3) is 3.23. The van der Waals surface area contributed by atoms with Crippen molar-refractivity contribution in [2.75, 3.05) is 30.0 Å². The Balaban J connectivity index is 2.05. The summed E-state index contributed by atoms with van der Waals surface area (Å²) in [5, 5.41) is 9.84. The van der Waals surface area contributed by atoms with E-state index in [1.807, 2.05) is 14.1 Å². The normalized spacial score (nSPS) is 10.2. The fourth-order valence-electron chi connectivity index (χ4n) is 2.37. The first-order chi connectivity index (χ1) is 9.63. The number of anilines is 3. The summed E-state index contributed by atoms with van der Waals surface area (Å²) in [5.41, 5.74) is 7.31. The lowest BCUT2D eigenvalue weighted by Gasteiger charge is -2.12. The Morgan fingerprint density at radius 2 is 1.40 bits per heavy atom. The molecule has 0 atom stereocenters. The minimum absolute atomic E-state index is 0.836. The monoisotopic (exact) mass is 269 g/mol. The Kier molecular flexibility index (Phi) is 4.51. The molecule has 0 aliphatic carbocycles. The molecule has 20 heavy (non-hydrogen) atoms. The van der Waals surface area contributed by atoms with E-state index in [1.165, 1.54) is 28.1 Å². The van der Waals surface area contributed by atoms with Crippen molar-refractivity contribution in [3.63, 3.8) is 0 Å². The quantitative estimate of drug-likeness (QED) is 0.768. The van der Waals surface area contributed by atoms with Gasteiger partial charge in [0.2, 0.25) is 0 Å².